The van der Waals surface area contributed by atoms with Gasteiger partial charge in [-0.2, -0.15) is 5.26 Å². The van der Waals surface area contributed by atoms with E-state index < -0.39 is 6.09 Å². The average Bonchev–Trinajstić information content (AvgIpc) is 2.68. The first-order chi connectivity index (χ1) is 8.93. The van der Waals surface area contributed by atoms with Crippen molar-refractivity contribution in [2.45, 2.75) is 39.8 Å². The number of amides is 1. The van der Waals surface area contributed by atoms with Crippen LogP contribution in [0.15, 0.2) is 24.3 Å². The van der Waals surface area contributed by atoms with Crippen molar-refractivity contribution in [1.29, 1.82) is 5.26 Å². The number of alkyl carbamates (subject to hydrolysis) is 1. The number of nitrogens with one attached hydrogen (secondary N) is 1. The second-order valence-electron chi connectivity index (χ2n) is 5.23. The van der Waals surface area contributed by atoms with Gasteiger partial charge in [0, 0.05) is 0 Å². The number of cyclic esters (lactones) is 1. The monoisotopic (exact) mass is 260 g/mol. The van der Waals surface area contributed by atoms with E-state index in [0.717, 1.165) is 11.5 Å². The molecule has 0 bridgehead atoms. The molecule has 1 aliphatic rings. The molecule has 1 saturated heterocycles. The Morgan fingerprint density at radius 3 is 2.47 bits per heavy atom. The maximum absolute atomic E-state index is 11.0. The lowest BCUT2D eigenvalue weighted by molar-refractivity contribution is 0.134. The predicted octanol–water partition coefficient (Wildman–Crippen LogP) is 3.39. The van der Waals surface area contributed by atoms with Crippen molar-refractivity contribution < 1.29 is 9.53 Å². The SMILES string of the molecule is CC(C)C.C[C@@H]1NC(=O)O[C@H]1c1cccc(C#N)c1. The molecule has 0 unspecified atom stereocenters. The summed E-state index contributed by atoms with van der Waals surface area (Å²) >= 11 is 0. The number of hydrogen-bond acceptors (Lipinski definition) is 3. The molecule has 1 heterocycles. The highest BCUT2D eigenvalue weighted by Gasteiger charge is 2.31. The summed E-state index contributed by atoms with van der Waals surface area (Å²) in [6.07, 6.45) is -0.708. The molecular weight excluding hydrogens is 240 g/mol. The molecule has 4 nitrogen and oxygen atoms in total. The van der Waals surface area contributed by atoms with E-state index in [1.54, 1.807) is 18.2 Å². The molecule has 2 rings (SSSR count). The van der Waals surface area contributed by atoms with Crippen molar-refractivity contribution >= 4 is 6.09 Å². The summed E-state index contributed by atoms with van der Waals surface area (Å²) < 4.78 is 5.10. The molecule has 0 aromatic heterocycles. The highest BCUT2D eigenvalue weighted by Crippen LogP contribution is 2.26. The zero-order valence-corrected chi connectivity index (χ0v) is 11.8. The number of ether oxygens (including phenoxy) is 1. The molecule has 2 atom stereocenters. The highest BCUT2D eigenvalue weighted by atomic mass is 16.6. The third-order valence-electron chi connectivity index (χ3n) is 2.38. The molecule has 1 aliphatic heterocycles. The highest BCUT2D eigenvalue weighted by molar-refractivity contribution is 5.70. The fourth-order valence-electron chi connectivity index (χ4n) is 1.65. The number of hydrogen-bond donors (Lipinski definition) is 1. The molecule has 0 spiro atoms. The summed E-state index contributed by atoms with van der Waals surface area (Å²) in [7, 11) is 0. The van der Waals surface area contributed by atoms with E-state index in [1.165, 1.54) is 0 Å². The first-order valence-electron chi connectivity index (χ1n) is 6.41. The Balaban J connectivity index is 0.000000399. The second-order valence-corrected chi connectivity index (χ2v) is 5.23. The van der Waals surface area contributed by atoms with E-state index in [-0.39, 0.29) is 12.1 Å². The Morgan fingerprint density at radius 1 is 1.37 bits per heavy atom. The Hall–Kier alpha value is -2.02. The van der Waals surface area contributed by atoms with E-state index in [4.69, 9.17) is 10.00 Å². The molecule has 1 aromatic rings. The molecule has 0 aliphatic carbocycles. The fraction of sp³-hybridized carbons (Fsp3) is 0.467. The van der Waals surface area contributed by atoms with Crippen molar-refractivity contribution in [2.24, 2.45) is 5.92 Å². The molecule has 0 saturated carbocycles. The van der Waals surface area contributed by atoms with Crippen LogP contribution < -0.4 is 5.32 Å². The topological polar surface area (TPSA) is 62.1 Å². The van der Waals surface area contributed by atoms with Gasteiger partial charge in [-0.15, -0.1) is 0 Å². The van der Waals surface area contributed by atoms with Gasteiger partial charge in [-0.1, -0.05) is 32.9 Å². The van der Waals surface area contributed by atoms with Crippen LogP contribution >= 0.6 is 0 Å². The van der Waals surface area contributed by atoms with Gasteiger partial charge in [0.1, 0.15) is 6.10 Å². The molecule has 1 fully saturated rings. The molecule has 102 valence electrons. The van der Waals surface area contributed by atoms with Gasteiger partial charge in [0.05, 0.1) is 17.7 Å². The molecule has 19 heavy (non-hydrogen) atoms. The largest absolute Gasteiger partial charge is 0.439 e. The smallest absolute Gasteiger partial charge is 0.408 e. The molecule has 1 N–H and O–H groups in total. The van der Waals surface area contributed by atoms with Gasteiger partial charge in [-0.3, -0.25) is 0 Å². The quantitative estimate of drug-likeness (QED) is 0.841. The van der Waals surface area contributed by atoms with E-state index in [1.807, 2.05) is 13.0 Å². The van der Waals surface area contributed by atoms with Crippen LogP contribution in [0.1, 0.15) is 44.9 Å². The van der Waals surface area contributed by atoms with E-state index in [9.17, 15) is 4.79 Å². The third-order valence-corrected chi connectivity index (χ3v) is 2.38. The number of nitriles is 1. The van der Waals surface area contributed by atoms with Gasteiger partial charge in [-0.05, 0) is 30.5 Å². The summed E-state index contributed by atoms with van der Waals surface area (Å²) in [5, 5.41) is 11.4. The Morgan fingerprint density at radius 2 is 2.00 bits per heavy atom. The van der Waals surface area contributed by atoms with Crippen LogP contribution in [-0.4, -0.2) is 12.1 Å². The van der Waals surface area contributed by atoms with Crippen LogP contribution in [0.5, 0.6) is 0 Å². The third kappa shape index (κ3) is 4.63. The van der Waals surface area contributed by atoms with E-state index in [2.05, 4.69) is 32.2 Å². The van der Waals surface area contributed by atoms with Crippen LogP contribution in [0.25, 0.3) is 0 Å². The van der Waals surface area contributed by atoms with Crippen molar-refractivity contribution in [1.82, 2.24) is 5.32 Å². The van der Waals surface area contributed by atoms with E-state index >= 15 is 0 Å². The van der Waals surface area contributed by atoms with Crippen LogP contribution in [0.4, 0.5) is 4.79 Å². The summed E-state index contributed by atoms with van der Waals surface area (Å²) in [4.78, 5) is 11.0. The van der Waals surface area contributed by atoms with Crippen LogP contribution in [0, 0.1) is 17.2 Å². The van der Waals surface area contributed by atoms with Gasteiger partial charge in [0.2, 0.25) is 0 Å². The first-order valence-corrected chi connectivity index (χ1v) is 6.41. The summed E-state index contributed by atoms with van der Waals surface area (Å²) in [5.74, 6) is 0.833. The lowest BCUT2D eigenvalue weighted by Crippen LogP contribution is -2.23. The van der Waals surface area contributed by atoms with Crippen LogP contribution in [0.3, 0.4) is 0 Å². The van der Waals surface area contributed by atoms with Gasteiger partial charge < -0.3 is 10.1 Å². The Kier molecular flexibility index (Phi) is 5.37. The van der Waals surface area contributed by atoms with Crippen LogP contribution in [-0.2, 0) is 4.74 Å². The van der Waals surface area contributed by atoms with Gasteiger partial charge in [-0.25, -0.2) is 4.79 Å². The van der Waals surface area contributed by atoms with Crippen molar-refractivity contribution in [3.63, 3.8) is 0 Å². The molecule has 0 radical (unpaired) electrons. The first kappa shape index (κ1) is 15.0. The Labute approximate surface area is 114 Å². The standard InChI is InChI=1S/C11H10N2O2.C4H10/c1-7-10(15-11(14)13-7)9-4-2-3-8(5-9)6-12;1-4(2)3/h2-5,7,10H,1H3,(H,13,14);4H,1-3H3/t7-,10+;/m0./s1. The maximum atomic E-state index is 11.0. The molecule has 1 aromatic carbocycles. The fourth-order valence-corrected chi connectivity index (χ4v) is 1.65. The van der Waals surface area contributed by atoms with Crippen molar-refractivity contribution in [2.75, 3.05) is 0 Å². The summed E-state index contributed by atoms with van der Waals surface area (Å²) in [5.41, 5.74) is 1.42. The van der Waals surface area contributed by atoms with Gasteiger partial charge in [0.15, 0.2) is 0 Å². The Bertz CT molecular complexity index is 475. The average molecular weight is 260 g/mol. The van der Waals surface area contributed by atoms with Crippen LogP contribution in [0.2, 0.25) is 0 Å². The van der Waals surface area contributed by atoms with Crippen molar-refractivity contribution in [3.8, 4) is 6.07 Å². The minimum Gasteiger partial charge on any atom is -0.439 e. The number of carbonyl (C=O) groups excluding carboxylic acids is 1. The lowest BCUT2D eigenvalue weighted by atomic mass is 10.0. The molecule has 4 heteroatoms. The normalized spacial score (nSPS) is 20.9. The minimum absolute atomic E-state index is 0.0635. The minimum atomic E-state index is -0.408. The van der Waals surface area contributed by atoms with Gasteiger partial charge >= 0.3 is 6.09 Å². The molecule has 1 amide bonds. The zero-order chi connectivity index (χ0) is 14.4. The number of benzene rings is 1. The predicted molar refractivity (Wildman–Crippen MR) is 73.5 cm³/mol. The second kappa shape index (κ2) is 6.79. The maximum Gasteiger partial charge on any atom is 0.408 e. The number of rotatable bonds is 1. The lowest BCUT2D eigenvalue weighted by Gasteiger charge is -2.12. The van der Waals surface area contributed by atoms with E-state index in [0.29, 0.717) is 5.56 Å². The molecular formula is C15H20N2O2. The number of nitrogens with zero attached hydrogens (tertiary/aromatic N) is 1. The van der Waals surface area contributed by atoms with Crippen molar-refractivity contribution in [3.05, 3.63) is 35.4 Å². The summed E-state index contributed by atoms with van der Waals surface area (Å²) in [6, 6.07) is 9.08. The number of carbonyl (C=O) groups is 1. The zero-order valence-electron chi connectivity index (χ0n) is 11.8. The van der Waals surface area contributed by atoms with Gasteiger partial charge in [0.25, 0.3) is 0 Å². The summed E-state index contributed by atoms with van der Waals surface area (Å²) in [6.45, 7) is 8.37.